The Hall–Kier alpha value is -2.62. The van der Waals surface area contributed by atoms with Gasteiger partial charge < -0.3 is 19.7 Å². The van der Waals surface area contributed by atoms with E-state index in [-0.39, 0.29) is 29.9 Å². The third-order valence-corrected chi connectivity index (χ3v) is 7.78. The summed E-state index contributed by atoms with van der Waals surface area (Å²) in [4.78, 5) is 0. The van der Waals surface area contributed by atoms with Crippen molar-refractivity contribution in [2.45, 2.75) is 104 Å². The van der Waals surface area contributed by atoms with Gasteiger partial charge >= 0.3 is 0 Å². The molecule has 2 fully saturated rings. The van der Waals surface area contributed by atoms with Gasteiger partial charge in [-0.05, 0) is 76.5 Å². The second-order valence-corrected chi connectivity index (χ2v) is 13.5. The predicted octanol–water partition coefficient (Wildman–Crippen LogP) is 8.61. The minimum Gasteiger partial charge on any atom is -0.507 e. The molecule has 2 aromatic carbocycles. The van der Waals surface area contributed by atoms with E-state index in [0.29, 0.717) is 30.8 Å². The minimum atomic E-state index is -0.610. The molecular weight excluding hydrogens is 493 g/mol. The second-order valence-electron chi connectivity index (χ2n) is 13.5. The minimum absolute atomic E-state index is 0. The molecule has 0 radical (unpaired) electrons. The van der Waals surface area contributed by atoms with Crippen LogP contribution in [0, 0.1) is 29.0 Å². The molecule has 0 aromatic heterocycles. The maximum Gasteiger partial charge on any atom is 0.183 e. The average Bonchev–Trinajstić information content (AvgIpc) is 2.84. The van der Waals surface area contributed by atoms with Gasteiger partial charge in [0.15, 0.2) is 6.29 Å². The summed E-state index contributed by atoms with van der Waals surface area (Å²) in [6.45, 7) is 18.5. The van der Waals surface area contributed by atoms with Crippen LogP contribution < -0.4 is 0 Å². The Balaban J connectivity index is 0.000000282. The zero-order chi connectivity index (χ0) is 29.1. The van der Waals surface area contributed by atoms with Gasteiger partial charge in [-0.15, -0.1) is 0 Å². The summed E-state index contributed by atoms with van der Waals surface area (Å²) in [7, 11) is 0. The van der Waals surface area contributed by atoms with Crippen molar-refractivity contribution in [3.8, 4) is 17.6 Å². The normalized spacial score (nSPS) is 23.9. The van der Waals surface area contributed by atoms with E-state index in [1.807, 2.05) is 12.1 Å². The topological polar surface area (TPSA) is 82.7 Å². The summed E-state index contributed by atoms with van der Waals surface area (Å²) in [6, 6.07) is 8.69. The molecule has 0 spiro atoms. The van der Waals surface area contributed by atoms with Gasteiger partial charge in [0.25, 0.3) is 0 Å². The highest BCUT2D eigenvalue weighted by molar-refractivity contribution is 5.50. The number of aromatic hydroxyl groups is 2. The van der Waals surface area contributed by atoms with E-state index in [9.17, 15) is 14.6 Å². The number of phenols is 2. The molecular formula is C33H48FNO4. The first-order chi connectivity index (χ1) is 18.1. The van der Waals surface area contributed by atoms with Crippen LogP contribution in [0.4, 0.5) is 4.39 Å². The molecule has 39 heavy (non-hydrogen) atoms. The SMILES string of the molecule is CC1CCC(c2cc(O)c(C#N)c(F)c2)CC1.CC1COC(c2cc(C(C)(C)C)c(O)c(C(C)(C)C)c2)OC1.[HH]. The summed E-state index contributed by atoms with van der Waals surface area (Å²) in [5, 5.41) is 29.0. The molecule has 1 saturated heterocycles. The first-order valence-corrected chi connectivity index (χ1v) is 14.1. The van der Waals surface area contributed by atoms with E-state index in [1.165, 1.54) is 6.07 Å². The van der Waals surface area contributed by atoms with Gasteiger partial charge in [0.1, 0.15) is 28.9 Å². The highest BCUT2D eigenvalue weighted by Gasteiger charge is 2.30. The summed E-state index contributed by atoms with van der Waals surface area (Å²) in [5.74, 6) is 1.04. The number of halogens is 1. The molecule has 2 N–H and O–H groups in total. The molecule has 1 aliphatic carbocycles. The number of hydrogen-bond donors (Lipinski definition) is 2. The highest BCUT2D eigenvalue weighted by Crippen LogP contribution is 2.42. The Bertz CT molecular complexity index is 1120. The number of phenolic OH excluding ortho intramolecular Hbond substituents is 2. The van der Waals surface area contributed by atoms with Gasteiger partial charge in [-0.2, -0.15) is 5.26 Å². The fraction of sp³-hybridized carbons (Fsp3) is 0.606. The lowest BCUT2D eigenvalue weighted by Crippen LogP contribution is -2.26. The van der Waals surface area contributed by atoms with E-state index < -0.39 is 5.82 Å². The molecule has 0 bridgehead atoms. The van der Waals surface area contributed by atoms with Gasteiger partial charge in [-0.3, -0.25) is 0 Å². The first kappa shape index (κ1) is 30.9. The van der Waals surface area contributed by atoms with Crippen molar-refractivity contribution in [2.24, 2.45) is 11.8 Å². The molecule has 2 aromatic rings. The molecule has 0 unspecified atom stereocenters. The third-order valence-electron chi connectivity index (χ3n) is 7.78. The molecule has 1 aliphatic heterocycles. The zero-order valence-corrected chi connectivity index (χ0v) is 24.9. The van der Waals surface area contributed by atoms with Crippen LogP contribution in [0.1, 0.15) is 123 Å². The lowest BCUT2D eigenvalue weighted by atomic mass is 9.78. The maximum absolute atomic E-state index is 13.6. The number of benzene rings is 2. The number of nitriles is 1. The number of nitrogens with zero attached hydrogens (tertiary/aromatic N) is 1. The van der Waals surface area contributed by atoms with Crippen molar-refractivity contribution in [3.05, 3.63) is 57.9 Å². The number of hydrogen-bond acceptors (Lipinski definition) is 5. The van der Waals surface area contributed by atoms with Crippen LogP contribution in [0.2, 0.25) is 0 Å². The van der Waals surface area contributed by atoms with Crippen LogP contribution in [-0.2, 0) is 20.3 Å². The van der Waals surface area contributed by atoms with Crippen LogP contribution in [0.15, 0.2) is 24.3 Å². The molecule has 216 valence electrons. The molecule has 2 aliphatic rings. The quantitative estimate of drug-likeness (QED) is 0.398. The van der Waals surface area contributed by atoms with E-state index >= 15 is 0 Å². The molecule has 6 heteroatoms. The van der Waals surface area contributed by atoms with Crippen LogP contribution in [-0.4, -0.2) is 23.4 Å². The van der Waals surface area contributed by atoms with E-state index in [1.54, 1.807) is 12.1 Å². The lowest BCUT2D eigenvalue weighted by molar-refractivity contribution is -0.202. The van der Waals surface area contributed by atoms with Gasteiger partial charge in [-0.1, -0.05) is 68.2 Å². The Morgan fingerprint density at radius 1 is 0.821 bits per heavy atom. The molecule has 0 atom stereocenters. The van der Waals surface area contributed by atoms with Crippen molar-refractivity contribution in [1.82, 2.24) is 0 Å². The first-order valence-electron chi connectivity index (χ1n) is 14.1. The Kier molecular flexibility index (Phi) is 9.73. The number of rotatable bonds is 2. The largest absolute Gasteiger partial charge is 0.507 e. The van der Waals surface area contributed by atoms with Gasteiger partial charge in [-0.25, -0.2) is 4.39 Å². The van der Waals surface area contributed by atoms with Crippen molar-refractivity contribution < 1.29 is 25.5 Å². The zero-order valence-electron chi connectivity index (χ0n) is 24.9. The molecule has 0 amide bonds. The predicted molar refractivity (Wildman–Crippen MR) is 155 cm³/mol. The van der Waals surface area contributed by atoms with Crippen molar-refractivity contribution >= 4 is 0 Å². The summed E-state index contributed by atoms with van der Waals surface area (Å²) in [5.41, 5.74) is 3.19. The van der Waals surface area contributed by atoms with Crippen LogP contribution >= 0.6 is 0 Å². The fourth-order valence-corrected chi connectivity index (χ4v) is 5.28. The van der Waals surface area contributed by atoms with Crippen molar-refractivity contribution in [3.63, 3.8) is 0 Å². The van der Waals surface area contributed by atoms with E-state index in [0.717, 1.165) is 53.9 Å². The highest BCUT2D eigenvalue weighted by atomic mass is 19.1. The second kappa shape index (κ2) is 12.3. The fourth-order valence-electron chi connectivity index (χ4n) is 5.28. The standard InChI is InChI=1S/C19H30O3.C14H16FNO.H2/c1-12-10-21-17(22-11-12)13-8-14(18(2,3)4)16(20)15(9-13)19(5,6)7;1-9-2-4-10(5-3-9)11-6-13(15)12(8-16)14(17)7-11;/h8-9,12,17,20H,10-11H2,1-7H3;6-7,9-10,17H,2-5H2,1H3;1H. The maximum atomic E-state index is 13.6. The Morgan fingerprint density at radius 3 is 1.77 bits per heavy atom. The summed E-state index contributed by atoms with van der Waals surface area (Å²) >= 11 is 0. The lowest BCUT2D eigenvalue weighted by Gasteiger charge is -2.32. The van der Waals surface area contributed by atoms with E-state index in [4.69, 9.17) is 14.7 Å². The van der Waals surface area contributed by atoms with Crippen LogP contribution in [0.3, 0.4) is 0 Å². The average molecular weight is 542 g/mol. The smallest absolute Gasteiger partial charge is 0.183 e. The summed E-state index contributed by atoms with van der Waals surface area (Å²) < 4.78 is 25.3. The summed E-state index contributed by atoms with van der Waals surface area (Å²) in [6.07, 6.45) is 4.02. The third kappa shape index (κ3) is 7.74. The van der Waals surface area contributed by atoms with Gasteiger partial charge in [0.2, 0.25) is 0 Å². The molecule has 4 rings (SSSR count). The number of ether oxygens (including phenoxy) is 2. The van der Waals surface area contributed by atoms with Gasteiger partial charge in [0.05, 0.1) is 13.2 Å². The van der Waals surface area contributed by atoms with Crippen LogP contribution in [0.25, 0.3) is 0 Å². The Morgan fingerprint density at radius 2 is 1.33 bits per heavy atom. The van der Waals surface area contributed by atoms with E-state index in [2.05, 4.69) is 55.4 Å². The molecule has 1 saturated carbocycles. The van der Waals surface area contributed by atoms with Crippen molar-refractivity contribution in [2.75, 3.05) is 13.2 Å². The monoisotopic (exact) mass is 541 g/mol. The molecule has 1 heterocycles. The van der Waals surface area contributed by atoms with Crippen LogP contribution in [0.5, 0.6) is 11.5 Å². The van der Waals surface area contributed by atoms with Crippen molar-refractivity contribution in [1.29, 1.82) is 5.26 Å². The molecule has 5 nitrogen and oxygen atoms in total. The Labute approximate surface area is 235 Å². The van der Waals surface area contributed by atoms with Gasteiger partial charge in [0, 0.05) is 12.9 Å².